The molecule has 5 heteroatoms. The van der Waals surface area contributed by atoms with Crippen LogP contribution in [0.1, 0.15) is 33.9 Å². The van der Waals surface area contributed by atoms with E-state index in [9.17, 15) is 14.7 Å². The van der Waals surface area contributed by atoms with Crippen LogP contribution in [0.4, 0.5) is 0 Å². The monoisotopic (exact) mass is 398 g/mol. The van der Waals surface area contributed by atoms with Crippen LogP contribution >= 0.6 is 0 Å². The van der Waals surface area contributed by atoms with E-state index in [-0.39, 0.29) is 17.9 Å². The van der Waals surface area contributed by atoms with Crippen molar-refractivity contribution in [1.82, 2.24) is 9.88 Å². The molecule has 0 spiro atoms. The minimum Gasteiger partial charge on any atom is -0.507 e. The van der Waals surface area contributed by atoms with Crippen molar-refractivity contribution >= 4 is 17.4 Å². The van der Waals surface area contributed by atoms with Gasteiger partial charge in [0, 0.05) is 24.5 Å². The number of carbonyl (C=O) groups is 2. The van der Waals surface area contributed by atoms with E-state index in [1.807, 2.05) is 44.2 Å². The van der Waals surface area contributed by atoms with E-state index in [2.05, 4.69) is 4.98 Å². The SMILES string of the molecule is Cc1ccc(C)c(CN2C(=O)C(=O)/C(=C(/O)c3ccccc3)C2c2cccnc2)c1. The second-order valence-corrected chi connectivity index (χ2v) is 7.51. The molecule has 1 N–H and O–H groups in total. The smallest absolute Gasteiger partial charge is 0.295 e. The number of aliphatic hydroxyl groups excluding tert-OH is 1. The van der Waals surface area contributed by atoms with Gasteiger partial charge in [0.05, 0.1) is 11.6 Å². The zero-order valence-electron chi connectivity index (χ0n) is 16.9. The molecule has 0 saturated carbocycles. The summed E-state index contributed by atoms with van der Waals surface area (Å²) >= 11 is 0. The van der Waals surface area contributed by atoms with Crippen molar-refractivity contribution < 1.29 is 14.7 Å². The first-order valence-electron chi connectivity index (χ1n) is 9.77. The van der Waals surface area contributed by atoms with Gasteiger partial charge in [-0.2, -0.15) is 0 Å². The second kappa shape index (κ2) is 7.95. The highest BCUT2D eigenvalue weighted by molar-refractivity contribution is 6.46. The van der Waals surface area contributed by atoms with Crippen LogP contribution in [0, 0.1) is 13.8 Å². The van der Waals surface area contributed by atoms with Crippen molar-refractivity contribution in [2.45, 2.75) is 26.4 Å². The number of aliphatic hydroxyl groups is 1. The molecule has 0 radical (unpaired) electrons. The number of Topliss-reactive ketones (excluding diaryl/α,β-unsaturated/α-hetero) is 1. The van der Waals surface area contributed by atoms with Gasteiger partial charge < -0.3 is 10.0 Å². The average Bonchev–Trinajstić information content (AvgIpc) is 3.02. The fourth-order valence-electron chi connectivity index (χ4n) is 3.83. The third-order valence-electron chi connectivity index (χ3n) is 5.43. The van der Waals surface area contributed by atoms with Crippen LogP contribution in [0.5, 0.6) is 0 Å². The molecule has 1 fully saturated rings. The highest BCUT2D eigenvalue weighted by Gasteiger charge is 2.46. The third-order valence-corrected chi connectivity index (χ3v) is 5.43. The van der Waals surface area contributed by atoms with Crippen molar-refractivity contribution in [1.29, 1.82) is 0 Å². The Balaban J connectivity index is 1.86. The predicted octanol–water partition coefficient (Wildman–Crippen LogP) is 4.32. The molecule has 1 aliphatic heterocycles. The molecular formula is C25H22N2O3. The van der Waals surface area contributed by atoms with Gasteiger partial charge in [-0.1, -0.05) is 60.2 Å². The fourth-order valence-corrected chi connectivity index (χ4v) is 3.83. The van der Waals surface area contributed by atoms with Gasteiger partial charge in [-0.15, -0.1) is 0 Å². The van der Waals surface area contributed by atoms with E-state index in [0.717, 1.165) is 16.7 Å². The number of likely N-dealkylation sites (tertiary alicyclic amines) is 1. The predicted molar refractivity (Wildman–Crippen MR) is 114 cm³/mol. The Morgan fingerprint density at radius 3 is 2.50 bits per heavy atom. The molecule has 1 unspecified atom stereocenters. The quantitative estimate of drug-likeness (QED) is 0.404. The maximum Gasteiger partial charge on any atom is 0.295 e. The summed E-state index contributed by atoms with van der Waals surface area (Å²) in [5.74, 6) is -1.48. The van der Waals surface area contributed by atoms with E-state index in [1.165, 1.54) is 4.90 Å². The number of aromatic nitrogens is 1. The number of amides is 1. The molecule has 2 aromatic carbocycles. The molecular weight excluding hydrogens is 376 g/mol. The number of hydrogen-bond acceptors (Lipinski definition) is 4. The number of pyridine rings is 1. The van der Waals surface area contributed by atoms with Crippen LogP contribution in [0.3, 0.4) is 0 Å². The van der Waals surface area contributed by atoms with E-state index in [1.54, 1.807) is 42.7 Å². The molecule has 1 aliphatic rings. The maximum atomic E-state index is 13.0. The number of carbonyl (C=O) groups excluding carboxylic acids is 2. The van der Waals surface area contributed by atoms with Crippen LogP contribution in [0.15, 0.2) is 78.6 Å². The maximum absolute atomic E-state index is 13.0. The van der Waals surface area contributed by atoms with Crippen molar-refractivity contribution in [3.05, 3.63) is 106 Å². The Bertz CT molecular complexity index is 1140. The van der Waals surface area contributed by atoms with E-state index in [0.29, 0.717) is 11.1 Å². The van der Waals surface area contributed by atoms with Crippen LogP contribution in [-0.2, 0) is 16.1 Å². The van der Waals surface area contributed by atoms with E-state index in [4.69, 9.17) is 0 Å². The van der Waals surface area contributed by atoms with Gasteiger partial charge >= 0.3 is 0 Å². The molecule has 5 nitrogen and oxygen atoms in total. The summed E-state index contributed by atoms with van der Waals surface area (Å²) in [4.78, 5) is 31.8. The Morgan fingerprint density at radius 1 is 1.03 bits per heavy atom. The first kappa shape index (κ1) is 19.6. The fraction of sp³-hybridized carbons (Fsp3) is 0.160. The van der Waals surface area contributed by atoms with Gasteiger partial charge in [-0.25, -0.2) is 0 Å². The van der Waals surface area contributed by atoms with Crippen molar-refractivity contribution in [3.8, 4) is 0 Å². The van der Waals surface area contributed by atoms with Crippen LogP contribution in [-0.4, -0.2) is 26.7 Å². The number of rotatable bonds is 4. The lowest BCUT2D eigenvalue weighted by atomic mass is 9.96. The molecule has 0 aliphatic carbocycles. The largest absolute Gasteiger partial charge is 0.507 e. The van der Waals surface area contributed by atoms with Gasteiger partial charge in [-0.3, -0.25) is 14.6 Å². The summed E-state index contributed by atoms with van der Waals surface area (Å²) in [7, 11) is 0. The molecule has 2 heterocycles. The molecule has 1 atom stereocenters. The van der Waals surface area contributed by atoms with Crippen molar-refractivity contribution in [2.24, 2.45) is 0 Å². The Hall–Kier alpha value is -3.73. The normalized spacial score (nSPS) is 18.1. The first-order valence-corrected chi connectivity index (χ1v) is 9.77. The van der Waals surface area contributed by atoms with Gasteiger partial charge in [0.15, 0.2) is 0 Å². The van der Waals surface area contributed by atoms with Crippen molar-refractivity contribution in [2.75, 3.05) is 0 Å². The number of benzene rings is 2. The minimum absolute atomic E-state index is 0.0875. The molecule has 3 aromatic rings. The molecule has 30 heavy (non-hydrogen) atoms. The van der Waals surface area contributed by atoms with E-state index < -0.39 is 17.7 Å². The van der Waals surface area contributed by atoms with Gasteiger partial charge in [0.1, 0.15) is 5.76 Å². The summed E-state index contributed by atoms with van der Waals surface area (Å²) in [5, 5.41) is 11.0. The lowest BCUT2D eigenvalue weighted by molar-refractivity contribution is -0.140. The zero-order valence-corrected chi connectivity index (χ0v) is 16.9. The first-order chi connectivity index (χ1) is 14.5. The summed E-state index contributed by atoms with van der Waals surface area (Å²) < 4.78 is 0. The highest BCUT2D eigenvalue weighted by Crippen LogP contribution is 2.40. The molecule has 1 amide bonds. The van der Waals surface area contributed by atoms with Crippen LogP contribution in [0.2, 0.25) is 0 Å². The average molecular weight is 398 g/mol. The Morgan fingerprint density at radius 2 is 1.80 bits per heavy atom. The molecule has 0 bridgehead atoms. The summed E-state index contributed by atoms with van der Waals surface area (Å²) in [6, 6.07) is 17.7. The second-order valence-electron chi connectivity index (χ2n) is 7.51. The lowest BCUT2D eigenvalue weighted by Crippen LogP contribution is -2.29. The van der Waals surface area contributed by atoms with Gasteiger partial charge in [0.25, 0.3) is 11.7 Å². The highest BCUT2D eigenvalue weighted by atomic mass is 16.3. The van der Waals surface area contributed by atoms with Gasteiger partial charge in [-0.05, 0) is 36.6 Å². The molecule has 1 saturated heterocycles. The van der Waals surface area contributed by atoms with Crippen LogP contribution < -0.4 is 0 Å². The lowest BCUT2D eigenvalue weighted by Gasteiger charge is -2.26. The van der Waals surface area contributed by atoms with Gasteiger partial charge in [0.2, 0.25) is 0 Å². The standard InChI is InChI=1S/C25H22N2O3/c1-16-10-11-17(2)20(13-16)15-27-22(19-9-6-12-26-14-19)21(24(29)25(27)30)23(28)18-7-4-3-5-8-18/h3-14,22,28H,15H2,1-2H3/b23-21+. The molecule has 150 valence electrons. The minimum atomic E-state index is -0.709. The third kappa shape index (κ3) is 3.50. The number of nitrogens with zero attached hydrogens (tertiary/aromatic N) is 2. The Kier molecular flexibility index (Phi) is 5.19. The zero-order chi connectivity index (χ0) is 21.3. The molecule has 1 aromatic heterocycles. The summed E-state index contributed by atoms with van der Waals surface area (Å²) in [6.07, 6.45) is 3.27. The number of aryl methyl sites for hydroxylation is 2. The molecule has 4 rings (SSSR count). The van der Waals surface area contributed by atoms with E-state index >= 15 is 0 Å². The summed E-state index contributed by atoms with van der Waals surface area (Å²) in [6.45, 7) is 4.24. The van der Waals surface area contributed by atoms with Crippen LogP contribution in [0.25, 0.3) is 5.76 Å². The summed E-state index contributed by atoms with van der Waals surface area (Å²) in [5.41, 5.74) is 4.34. The topological polar surface area (TPSA) is 70.5 Å². The van der Waals surface area contributed by atoms with Crippen molar-refractivity contribution in [3.63, 3.8) is 0 Å². The number of hydrogen-bond donors (Lipinski definition) is 1. The number of ketones is 1. The Labute approximate surface area is 175 Å².